The zero-order valence-electron chi connectivity index (χ0n) is 12.0. The molecule has 0 aliphatic rings. The second kappa shape index (κ2) is 7.31. The number of anilines is 1. The predicted molar refractivity (Wildman–Crippen MR) is 81.2 cm³/mol. The van der Waals surface area contributed by atoms with E-state index in [1.54, 1.807) is 18.2 Å². The van der Waals surface area contributed by atoms with Crippen molar-refractivity contribution < 1.29 is 22.8 Å². The van der Waals surface area contributed by atoms with Gasteiger partial charge in [-0.05, 0) is 30.3 Å². The maximum atomic E-state index is 12.7. The molecule has 9 heteroatoms. The molecule has 0 atom stereocenters. The van der Waals surface area contributed by atoms with Crippen LogP contribution in [-0.2, 0) is 22.3 Å². The zero-order valence-corrected chi connectivity index (χ0v) is 12.8. The second-order valence-corrected chi connectivity index (χ2v) is 5.06. The summed E-state index contributed by atoms with van der Waals surface area (Å²) in [5.41, 5.74) is -0.759. The van der Waals surface area contributed by atoms with Crippen LogP contribution in [0.3, 0.4) is 0 Å². The average molecular weight is 358 g/mol. The van der Waals surface area contributed by atoms with Gasteiger partial charge in [0, 0.05) is 11.9 Å². The number of amides is 2. The Hall–Kier alpha value is -2.61. The van der Waals surface area contributed by atoms with Gasteiger partial charge in [-0.2, -0.15) is 13.2 Å². The summed E-state index contributed by atoms with van der Waals surface area (Å²) in [6, 6.07) is 7.87. The van der Waals surface area contributed by atoms with Gasteiger partial charge >= 0.3 is 18.0 Å². The fourth-order valence-electron chi connectivity index (χ4n) is 1.76. The Morgan fingerprint density at radius 1 is 1.12 bits per heavy atom. The van der Waals surface area contributed by atoms with Gasteiger partial charge in [0.15, 0.2) is 0 Å². The summed E-state index contributed by atoms with van der Waals surface area (Å²) in [5, 5.41) is 3.90. The van der Waals surface area contributed by atoms with Crippen LogP contribution in [0.15, 0.2) is 42.6 Å². The molecule has 0 saturated carbocycles. The standard InChI is InChI=1S/C15H11ClF3N3O2/c16-12-5-4-9(7-11(12)15(17,18)19)22-14(24)13(23)21-8-10-3-1-2-6-20-10/h1-7H,8H2,(H,21,23)(H,22,24). The van der Waals surface area contributed by atoms with E-state index in [1.807, 2.05) is 0 Å². The van der Waals surface area contributed by atoms with Crippen molar-refractivity contribution in [2.24, 2.45) is 0 Å². The van der Waals surface area contributed by atoms with Gasteiger partial charge in [-0.15, -0.1) is 0 Å². The van der Waals surface area contributed by atoms with Gasteiger partial charge < -0.3 is 10.6 Å². The molecule has 2 aromatic rings. The van der Waals surface area contributed by atoms with E-state index in [0.717, 1.165) is 6.07 Å². The van der Waals surface area contributed by atoms with Crippen molar-refractivity contribution in [3.8, 4) is 0 Å². The van der Waals surface area contributed by atoms with Crippen molar-refractivity contribution in [1.82, 2.24) is 10.3 Å². The number of rotatable bonds is 3. The minimum Gasteiger partial charge on any atom is -0.342 e. The normalized spacial score (nSPS) is 11.0. The molecule has 0 aliphatic heterocycles. The number of carbonyl (C=O) groups is 2. The number of carbonyl (C=O) groups excluding carboxylic acids is 2. The molecule has 1 heterocycles. The first-order chi connectivity index (χ1) is 11.3. The first-order valence-corrected chi connectivity index (χ1v) is 7.01. The molecule has 0 saturated heterocycles. The highest BCUT2D eigenvalue weighted by Gasteiger charge is 2.33. The Bertz CT molecular complexity index is 751. The largest absolute Gasteiger partial charge is 0.417 e. The van der Waals surface area contributed by atoms with Gasteiger partial charge in [-0.3, -0.25) is 14.6 Å². The van der Waals surface area contributed by atoms with E-state index in [0.29, 0.717) is 11.8 Å². The molecule has 1 aromatic carbocycles. The molecule has 0 bridgehead atoms. The van der Waals surface area contributed by atoms with Gasteiger partial charge in [0.25, 0.3) is 0 Å². The zero-order chi connectivity index (χ0) is 17.7. The van der Waals surface area contributed by atoms with Crippen LogP contribution < -0.4 is 10.6 Å². The van der Waals surface area contributed by atoms with E-state index in [9.17, 15) is 22.8 Å². The molecule has 1 aromatic heterocycles. The van der Waals surface area contributed by atoms with E-state index >= 15 is 0 Å². The molecule has 2 N–H and O–H groups in total. The third-order valence-electron chi connectivity index (χ3n) is 2.89. The van der Waals surface area contributed by atoms with Gasteiger partial charge in [0.05, 0.1) is 22.8 Å². The number of halogens is 4. The van der Waals surface area contributed by atoms with Crippen LogP contribution in [0.1, 0.15) is 11.3 Å². The summed E-state index contributed by atoms with van der Waals surface area (Å²) in [6.45, 7) is 0.0154. The highest BCUT2D eigenvalue weighted by Crippen LogP contribution is 2.36. The van der Waals surface area contributed by atoms with E-state index < -0.39 is 28.6 Å². The molecular weight excluding hydrogens is 347 g/mol. The number of hydrogen-bond donors (Lipinski definition) is 2. The third-order valence-corrected chi connectivity index (χ3v) is 3.22. The molecule has 0 radical (unpaired) electrons. The molecule has 0 fully saturated rings. The fraction of sp³-hybridized carbons (Fsp3) is 0.133. The first-order valence-electron chi connectivity index (χ1n) is 6.63. The summed E-state index contributed by atoms with van der Waals surface area (Å²) in [5.74, 6) is -2.09. The van der Waals surface area contributed by atoms with E-state index in [1.165, 1.54) is 12.3 Å². The maximum Gasteiger partial charge on any atom is 0.417 e. The van der Waals surface area contributed by atoms with E-state index in [-0.39, 0.29) is 12.2 Å². The number of aromatic nitrogens is 1. The maximum absolute atomic E-state index is 12.7. The summed E-state index contributed by atoms with van der Waals surface area (Å²) >= 11 is 5.48. The molecule has 0 aliphatic carbocycles. The molecule has 24 heavy (non-hydrogen) atoms. The Morgan fingerprint density at radius 2 is 1.88 bits per heavy atom. The minimum atomic E-state index is -4.67. The molecule has 0 unspecified atom stereocenters. The number of nitrogens with zero attached hydrogens (tertiary/aromatic N) is 1. The molecule has 5 nitrogen and oxygen atoms in total. The van der Waals surface area contributed by atoms with Crippen LogP contribution in [0.2, 0.25) is 5.02 Å². The van der Waals surface area contributed by atoms with Gasteiger partial charge in [0.1, 0.15) is 0 Å². The Kier molecular flexibility index (Phi) is 5.40. The molecule has 126 valence electrons. The van der Waals surface area contributed by atoms with Gasteiger partial charge in [-0.25, -0.2) is 0 Å². The van der Waals surface area contributed by atoms with Crippen LogP contribution in [-0.4, -0.2) is 16.8 Å². The lowest BCUT2D eigenvalue weighted by Gasteiger charge is -2.11. The Labute approximate surface area is 139 Å². The van der Waals surface area contributed by atoms with Crippen LogP contribution in [0.4, 0.5) is 18.9 Å². The number of alkyl halides is 3. The summed E-state index contributed by atoms with van der Waals surface area (Å²) in [6.07, 6.45) is -3.15. The van der Waals surface area contributed by atoms with Crippen LogP contribution >= 0.6 is 11.6 Å². The smallest absolute Gasteiger partial charge is 0.342 e. The first kappa shape index (κ1) is 17.7. The van der Waals surface area contributed by atoms with Crippen molar-refractivity contribution in [2.75, 3.05) is 5.32 Å². The van der Waals surface area contributed by atoms with Gasteiger partial charge in [-0.1, -0.05) is 17.7 Å². The van der Waals surface area contributed by atoms with Crippen molar-refractivity contribution in [2.45, 2.75) is 12.7 Å². The summed E-state index contributed by atoms with van der Waals surface area (Å²) in [7, 11) is 0. The Morgan fingerprint density at radius 3 is 2.50 bits per heavy atom. The van der Waals surface area contributed by atoms with Crippen molar-refractivity contribution in [3.05, 3.63) is 58.9 Å². The van der Waals surface area contributed by atoms with Crippen molar-refractivity contribution >= 4 is 29.1 Å². The number of nitrogens with one attached hydrogen (secondary N) is 2. The minimum absolute atomic E-state index is 0.0154. The van der Waals surface area contributed by atoms with Crippen LogP contribution in [0.5, 0.6) is 0 Å². The number of hydrogen-bond acceptors (Lipinski definition) is 3. The quantitative estimate of drug-likeness (QED) is 0.829. The van der Waals surface area contributed by atoms with Gasteiger partial charge in [0.2, 0.25) is 0 Å². The lowest BCUT2D eigenvalue weighted by molar-refractivity contribution is -0.137. The fourth-order valence-corrected chi connectivity index (χ4v) is 1.99. The average Bonchev–Trinajstić information content (AvgIpc) is 2.54. The van der Waals surface area contributed by atoms with Crippen LogP contribution in [0, 0.1) is 0 Å². The lowest BCUT2D eigenvalue weighted by atomic mass is 10.2. The highest BCUT2D eigenvalue weighted by atomic mass is 35.5. The van der Waals surface area contributed by atoms with E-state index in [4.69, 9.17) is 11.6 Å². The molecular formula is C15H11ClF3N3O2. The summed E-state index contributed by atoms with van der Waals surface area (Å²) in [4.78, 5) is 27.3. The number of pyridine rings is 1. The third kappa shape index (κ3) is 4.69. The van der Waals surface area contributed by atoms with E-state index in [2.05, 4.69) is 15.6 Å². The highest BCUT2D eigenvalue weighted by molar-refractivity contribution is 6.39. The monoisotopic (exact) mass is 357 g/mol. The SMILES string of the molecule is O=C(NCc1ccccn1)C(=O)Nc1ccc(Cl)c(C(F)(F)F)c1. The van der Waals surface area contributed by atoms with Crippen molar-refractivity contribution in [1.29, 1.82) is 0 Å². The lowest BCUT2D eigenvalue weighted by Crippen LogP contribution is -2.35. The molecule has 0 spiro atoms. The topological polar surface area (TPSA) is 71.1 Å². The second-order valence-electron chi connectivity index (χ2n) is 4.65. The molecule has 2 rings (SSSR count). The summed E-state index contributed by atoms with van der Waals surface area (Å²) < 4.78 is 38.2. The molecule has 2 amide bonds. The van der Waals surface area contributed by atoms with Crippen molar-refractivity contribution in [3.63, 3.8) is 0 Å². The number of benzene rings is 1. The van der Waals surface area contributed by atoms with Crippen LogP contribution in [0.25, 0.3) is 0 Å². The predicted octanol–water partition coefficient (Wildman–Crippen LogP) is 3.01. The Balaban J connectivity index is 2.00.